The maximum atomic E-state index is 6.40. The zero-order valence-corrected chi connectivity index (χ0v) is 15.3. The van der Waals surface area contributed by atoms with Crippen LogP contribution >= 0.6 is 0 Å². The first-order valence-electron chi connectivity index (χ1n) is 9.68. The second-order valence-corrected chi connectivity index (χ2v) is 7.00. The highest BCUT2D eigenvalue weighted by Gasteiger charge is 2.24. The first-order chi connectivity index (χ1) is 12.3. The molecule has 2 aromatic carbocycles. The van der Waals surface area contributed by atoms with Gasteiger partial charge < -0.3 is 4.42 Å². The van der Waals surface area contributed by atoms with E-state index in [-0.39, 0.29) is 0 Å². The summed E-state index contributed by atoms with van der Waals surface area (Å²) in [5.41, 5.74) is 5.32. The summed E-state index contributed by atoms with van der Waals surface area (Å²) in [4.78, 5) is 0. The van der Waals surface area contributed by atoms with Gasteiger partial charge in [0.1, 0.15) is 11.3 Å². The molecule has 0 fully saturated rings. The van der Waals surface area contributed by atoms with E-state index in [0.29, 0.717) is 0 Å². The van der Waals surface area contributed by atoms with Crippen LogP contribution in [0, 0.1) is 0 Å². The van der Waals surface area contributed by atoms with Gasteiger partial charge in [0.2, 0.25) is 0 Å². The van der Waals surface area contributed by atoms with Gasteiger partial charge in [0.25, 0.3) is 0 Å². The molecule has 2 aliphatic rings. The minimum Gasteiger partial charge on any atom is -0.460 e. The minimum atomic E-state index is 1.01. The summed E-state index contributed by atoms with van der Waals surface area (Å²) in [5, 5.41) is 4.04. The molecular formula is C24H26O. The largest absolute Gasteiger partial charge is 0.460 e. The van der Waals surface area contributed by atoms with Crippen molar-refractivity contribution in [3.8, 4) is 11.1 Å². The van der Waals surface area contributed by atoms with Crippen molar-refractivity contribution < 1.29 is 4.42 Å². The molecule has 0 amide bonds. The molecule has 1 heterocycles. The van der Waals surface area contributed by atoms with E-state index < -0.39 is 0 Å². The number of para-hydroxylation sites is 1. The Morgan fingerprint density at radius 1 is 0.680 bits per heavy atom. The molecule has 4 rings (SSSR count). The van der Waals surface area contributed by atoms with E-state index in [1.807, 2.05) is 0 Å². The lowest BCUT2D eigenvalue weighted by atomic mass is 9.96. The van der Waals surface area contributed by atoms with Crippen molar-refractivity contribution in [2.75, 3.05) is 0 Å². The number of hydrogen-bond donors (Lipinski definition) is 0. The van der Waals surface area contributed by atoms with Crippen LogP contribution in [0.1, 0.15) is 50.9 Å². The van der Waals surface area contributed by atoms with Crippen LogP contribution in [0.5, 0.6) is 0 Å². The SMILES string of the molecule is CCCCc1oc2ccccc2c2c(CCCC)c3ccccc3c1-2. The third kappa shape index (κ3) is 2.72. The maximum Gasteiger partial charge on any atom is 0.134 e. The summed E-state index contributed by atoms with van der Waals surface area (Å²) in [7, 11) is 0. The summed E-state index contributed by atoms with van der Waals surface area (Å²) >= 11 is 0. The van der Waals surface area contributed by atoms with Crippen LogP contribution in [0.3, 0.4) is 0 Å². The fourth-order valence-corrected chi connectivity index (χ4v) is 4.04. The molecule has 25 heavy (non-hydrogen) atoms. The molecule has 0 N–H and O–H groups in total. The highest BCUT2D eigenvalue weighted by atomic mass is 16.3. The molecule has 1 heteroatoms. The molecular weight excluding hydrogens is 304 g/mol. The van der Waals surface area contributed by atoms with Crippen LogP contribution in [0.2, 0.25) is 0 Å². The van der Waals surface area contributed by atoms with Gasteiger partial charge >= 0.3 is 0 Å². The highest BCUT2D eigenvalue weighted by Crippen LogP contribution is 2.46. The molecule has 0 spiro atoms. The second-order valence-electron chi connectivity index (χ2n) is 7.00. The van der Waals surface area contributed by atoms with Gasteiger partial charge in [-0.1, -0.05) is 69.2 Å². The zero-order chi connectivity index (χ0) is 17.2. The van der Waals surface area contributed by atoms with Gasteiger partial charge in [0, 0.05) is 22.9 Å². The van der Waals surface area contributed by atoms with Crippen molar-refractivity contribution in [3.63, 3.8) is 0 Å². The predicted molar refractivity (Wildman–Crippen MR) is 108 cm³/mol. The number of rotatable bonds is 6. The number of unbranched alkanes of at least 4 members (excludes halogenated alkanes) is 2. The van der Waals surface area contributed by atoms with Crippen LogP contribution in [-0.4, -0.2) is 0 Å². The van der Waals surface area contributed by atoms with Crippen LogP contribution in [0.4, 0.5) is 0 Å². The minimum absolute atomic E-state index is 1.01. The molecule has 128 valence electrons. The Hall–Kier alpha value is -2.28. The fourth-order valence-electron chi connectivity index (χ4n) is 4.04. The summed E-state index contributed by atoms with van der Waals surface area (Å²) in [6.07, 6.45) is 6.96. The molecule has 0 unspecified atom stereocenters. The summed E-state index contributed by atoms with van der Waals surface area (Å²) in [6, 6.07) is 17.4. The molecule has 2 aromatic rings. The zero-order valence-electron chi connectivity index (χ0n) is 15.3. The molecule has 0 saturated heterocycles. The van der Waals surface area contributed by atoms with Crippen molar-refractivity contribution in [2.24, 2.45) is 0 Å². The molecule has 1 aliphatic carbocycles. The lowest BCUT2D eigenvalue weighted by molar-refractivity contribution is 0.528. The van der Waals surface area contributed by atoms with E-state index >= 15 is 0 Å². The van der Waals surface area contributed by atoms with E-state index in [1.165, 1.54) is 58.5 Å². The Labute approximate surface area is 150 Å². The van der Waals surface area contributed by atoms with Crippen molar-refractivity contribution in [3.05, 3.63) is 59.9 Å². The third-order valence-corrected chi connectivity index (χ3v) is 5.28. The van der Waals surface area contributed by atoms with Gasteiger partial charge in [-0.2, -0.15) is 0 Å². The van der Waals surface area contributed by atoms with Gasteiger partial charge in [0.05, 0.1) is 0 Å². The first-order valence-corrected chi connectivity index (χ1v) is 9.68. The number of hydrogen-bond acceptors (Lipinski definition) is 1. The average Bonchev–Trinajstić information content (AvgIpc) is 2.99. The van der Waals surface area contributed by atoms with Crippen LogP contribution in [0.25, 0.3) is 32.9 Å². The number of benzene rings is 2. The average molecular weight is 330 g/mol. The molecule has 0 radical (unpaired) electrons. The van der Waals surface area contributed by atoms with E-state index in [4.69, 9.17) is 4.42 Å². The van der Waals surface area contributed by atoms with Gasteiger partial charge in [-0.3, -0.25) is 0 Å². The lowest BCUT2D eigenvalue weighted by Crippen LogP contribution is -1.94. The van der Waals surface area contributed by atoms with Gasteiger partial charge in [-0.25, -0.2) is 0 Å². The molecule has 1 aliphatic heterocycles. The highest BCUT2D eigenvalue weighted by molar-refractivity contribution is 6.13. The van der Waals surface area contributed by atoms with E-state index in [1.54, 1.807) is 0 Å². The Balaban J connectivity index is 2.10. The van der Waals surface area contributed by atoms with E-state index in [0.717, 1.165) is 24.2 Å². The summed E-state index contributed by atoms with van der Waals surface area (Å²) in [5.74, 6) is 1.16. The Morgan fingerprint density at radius 2 is 1.32 bits per heavy atom. The Bertz CT molecular complexity index is 976. The topological polar surface area (TPSA) is 13.1 Å². The fraction of sp³-hybridized carbons (Fsp3) is 0.333. The quantitative estimate of drug-likeness (QED) is 0.359. The lowest BCUT2D eigenvalue weighted by Gasteiger charge is -2.13. The van der Waals surface area contributed by atoms with Gasteiger partial charge in [-0.05, 0) is 41.7 Å². The van der Waals surface area contributed by atoms with Crippen LogP contribution in [-0.2, 0) is 12.8 Å². The van der Waals surface area contributed by atoms with Crippen molar-refractivity contribution in [1.29, 1.82) is 0 Å². The smallest absolute Gasteiger partial charge is 0.134 e. The summed E-state index contributed by atoms with van der Waals surface area (Å²) < 4.78 is 6.40. The summed E-state index contributed by atoms with van der Waals surface area (Å²) in [6.45, 7) is 4.52. The first kappa shape index (κ1) is 16.2. The Morgan fingerprint density at radius 3 is 2.08 bits per heavy atom. The molecule has 0 aromatic heterocycles. The Kier molecular flexibility index (Phi) is 4.48. The third-order valence-electron chi connectivity index (χ3n) is 5.28. The van der Waals surface area contributed by atoms with Crippen LogP contribution < -0.4 is 0 Å². The van der Waals surface area contributed by atoms with Crippen molar-refractivity contribution >= 4 is 21.7 Å². The molecule has 0 bridgehead atoms. The second kappa shape index (κ2) is 6.92. The van der Waals surface area contributed by atoms with Gasteiger partial charge in [0.15, 0.2) is 0 Å². The number of aryl methyl sites for hydroxylation is 2. The molecule has 1 nitrogen and oxygen atoms in total. The monoisotopic (exact) mass is 330 g/mol. The van der Waals surface area contributed by atoms with Crippen LogP contribution in [0.15, 0.2) is 52.9 Å². The van der Waals surface area contributed by atoms with Crippen molar-refractivity contribution in [1.82, 2.24) is 0 Å². The molecule has 0 saturated carbocycles. The van der Waals surface area contributed by atoms with E-state index in [2.05, 4.69) is 62.4 Å². The number of fused-ring (bicyclic) bond motifs is 5. The van der Waals surface area contributed by atoms with Crippen molar-refractivity contribution in [2.45, 2.75) is 52.4 Å². The maximum absolute atomic E-state index is 6.40. The van der Waals surface area contributed by atoms with E-state index in [9.17, 15) is 0 Å². The standard InChI is InChI=1S/C24H26O/c1-3-5-11-18-17-12-7-8-13-19(17)24-22(15-6-4-2)25-21-16-10-9-14-20(21)23(18)24/h7-10,12-14,16H,3-6,11,15H2,1-2H3. The predicted octanol–water partition coefficient (Wildman–Crippen LogP) is 7.38. The molecule has 0 atom stereocenters. The normalized spacial score (nSPS) is 11.8. The van der Waals surface area contributed by atoms with Gasteiger partial charge in [-0.15, -0.1) is 0 Å².